The lowest BCUT2D eigenvalue weighted by Crippen LogP contribution is -2.39. The summed E-state index contributed by atoms with van der Waals surface area (Å²) in [6.45, 7) is 3.81. The Morgan fingerprint density at radius 3 is 2.72 bits per heavy atom. The molecule has 0 aromatic carbocycles. The number of piperidine rings is 1. The lowest BCUT2D eigenvalue weighted by molar-refractivity contribution is 0.175. The van der Waals surface area contributed by atoms with E-state index in [1.54, 1.807) is 37.9 Å². The van der Waals surface area contributed by atoms with Crippen molar-refractivity contribution in [2.24, 2.45) is 0 Å². The quantitative estimate of drug-likeness (QED) is 0.343. The number of hydrogen-bond donors (Lipinski definition) is 3. The first-order valence-corrected chi connectivity index (χ1v) is 12.0. The number of nitriles is 1. The summed E-state index contributed by atoms with van der Waals surface area (Å²) in [5, 5.41) is 25.8. The molecule has 184 valence electrons. The van der Waals surface area contributed by atoms with Gasteiger partial charge in [0.25, 0.3) is 0 Å². The third-order valence-corrected chi connectivity index (χ3v) is 6.25. The highest BCUT2D eigenvalue weighted by Gasteiger charge is 2.21. The zero-order valence-corrected chi connectivity index (χ0v) is 20.4. The van der Waals surface area contributed by atoms with Crippen LogP contribution in [0, 0.1) is 11.3 Å². The van der Waals surface area contributed by atoms with Crippen LogP contribution < -0.4 is 15.5 Å². The average Bonchev–Trinajstić information content (AvgIpc) is 3.28. The predicted molar refractivity (Wildman–Crippen MR) is 137 cm³/mol. The van der Waals surface area contributed by atoms with E-state index >= 15 is 0 Å². The number of pyridine rings is 2. The van der Waals surface area contributed by atoms with Gasteiger partial charge in [0, 0.05) is 31.9 Å². The van der Waals surface area contributed by atoms with E-state index in [1.165, 1.54) is 0 Å². The second-order valence-electron chi connectivity index (χ2n) is 8.75. The molecular formula is C24H25ClN10O. The maximum atomic E-state index is 9.73. The number of imidazole rings is 1. The lowest BCUT2D eigenvalue weighted by Gasteiger charge is -2.33. The second kappa shape index (κ2) is 10.3. The van der Waals surface area contributed by atoms with Crippen LogP contribution in [0.3, 0.4) is 0 Å². The third kappa shape index (κ3) is 5.30. The van der Waals surface area contributed by atoms with Crippen molar-refractivity contribution in [1.82, 2.24) is 29.5 Å². The Balaban J connectivity index is 1.24. The Labute approximate surface area is 212 Å². The summed E-state index contributed by atoms with van der Waals surface area (Å²) in [6, 6.07) is 7.87. The fourth-order valence-electron chi connectivity index (χ4n) is 4.19. The molecule has 4 aromatic rings. The molecule has 11 nitrogen and oxygen atoms in total. The Morgan fingerprint density at radius 2 is 2.00 bits per heavy atom. The molecule has 4 aromatic heterocycles. The number of hydrogen-bond acceptors (Lipinski definition) is 10. The van der Waals surface area contributed by atoms with Crippen LogP contribution in [-0.2, 0) is 6.54 Å². The number of nitrogens with one attached hydrogen (secondary N) is 2. The largest absolute Gasteiger partial charge is 0.392 e. The van der Waals surface area contributed by atoms with Gasteiger partial charge in [-0.2, -0.15) is 10.2 Å². The molecule has 12 heteroatoms. The summed E-state index contributed by atoms with van der Waals surface area (Å²) >= 11 is 6.39. The van der Waals surface area contributed by atoms with Crippen molar-refractivity contribution in [3.63, 3.8) is 0 Å². The number of aliphatic hydroxyl groups excluding tert-OH is 1. The zero-order valence-electron chi connectivity index (χ0n) is 19.6. The van der Waals surface area contributed by atoms with Gasteiger partial charge < -0.3 is 25.2 Å². The number of aromatic nitrogens is 6. The number of aliphatic hydroxyl groups is 1. The minimum absolute atomic E-state index is 0.202. The Hall–Kier alpha value is -4.01. The molecule has 1 atom stereocenters. The van der Waals surface area contributed by atoms with Crippen LogP contribution in [0.1, 0.15) is 25.3 Å². The van der Waals surface area contributed by atoms with E-state index < -0.39 is 6.10 Å². The lowest BCUT2D eigenvalue weighted by atomic mass is 10.0. The van der Waals surface area contributed by atoms with E-state index in [0.717, 1.165) is 37.3 Å². The maximum absolute atomic E-state index is 9.73. The molecule has 0 bridgehead atoms. The van der Waals surface area contributed by atoms with Gasteiger partial charge in [-0.15, -0.1) is 0 Å². The van der Waals surface area contributed by atoms with Crippen molar-refractivity contribution in [3.8, 4) is 6.07 Å². The molecule has 0 amide bonds. The van der Waals surface area contributed by atoms with Crippen LogP contribution >= 0.6 is 11.6 Å². The van der Waals surface area contributed by atoms with E-state index in [4.69, 9.17) is 16.9 Å². The molecule has 1 unspecified atom stereocenters. The summed E-state index contributed by atoms with van der Waals surface area (Å²) in [4.78, 5) is 24.2. The van der Waals surface area contributed by atoms with Crippen molar-refractivity contribution >= 4 is 46.0 Å². The van der Waals surface area contributed by atoms with Gasteiger partial charge in [0.15, 0.2) is 11.5 Å². The van der Waals surface area contributed by atoms with Crippen LogP contribution in [0.2, 0.25) is 5.02 Å². The molecule has 1 fully saturated rings. The predicted octanol–water partition coefficient (Wildman–Crippen LogP) is 3.35. The Kier molecular flexibility index (Phi) is 6.79. The summed E-state index contributed by atoms with van der Waals surface area (Å²) < 4.78 is 1.85. The molecule has 0 spiro atoms. The fourth-order valence-corrected chi connectivity index (χ4v) is 4.33. The highest BCUT2D eigenvalue weighted by atomic mass is 35.5. The van der Waals surface area contributed by atoms with Crippen LogP contribution in [0.15, 0.2) is 43.1 Å². The van der Waals surface area contributed by atoms with Gasteiger partial charge in [-0.25, -0.2) is 19.9 Å². The summed E-state index contributed by atoms with van der Waals surface area (Å²) in [5.74, 6) is 1.83. The molecular weight excluding hydrogens is 480 g/mol. The molecule has 36 heavy (non-hydrogen) atoms. The van der Waals surface area contributed by atoms with Crippen molar-refractivity contribution in [1.29, 1.82) is 5.26 Å². The molecule has 5 heterocycles. The van der Waals surface area contributed by atoms with Gasteiger partial charge in [0.1, 0.15) is 16.9 Å². The minimum Gasteiger partial charge on any atom is -0.392 e. The molecule has 1 aliphatic heterocycles. The minimum atomic E-state index is -0.500. The SMILES string of the molecule is CC(O)Cn1cnc2ncc(Nc3ncc(Cl)c(NC4CCN(c5ccc(C#N)cn5)CC4)n3)cc21. The van der Waals surface area contributed by atoms with E-state index in [2.05, 4.69) is 46.5 Å². The molecule has 3 N–H and O–H groups in total. The molecule has 1 aliphatic rings. The highest BCUT2D eigenvalue weighted by molar-refractivity contribution is 6.32. The van der Waals surface area contributed by atoms with Gasteiger partial charge in [-0.3, -0.25) is 0 Å². The number of anilines is 4. The zero-order chi connectivity index (χ0) is 25.1. The van der Waals surface area contributed by atoms with E-state index in [9.17, 15) is 5.11 Å². The molecule has 0 aliphatic carbocycles. The number of rotatable bonds is 7. The molecule has 0 radical (unpaired) electrons. The van der Waals surface area contributed by atoms with Gasteiger partial charge in [-0.1, -0.05) is 11.6 Å². The molecule has 1 saturated heterocycles. The van der Waals surface area contributed by atoms with Crippen LogP contribution in [-0.4, -0.2) is 59.8 Å². The first-order valence-electron chi connectivity index (χ1n) is 11.6. The second-order valence-corrected chi connectivity index (χ2v) is 9.16. The summed E-state index contributed by atoms with van der Waals surface area (Å²) in [6.07, 6.45) is 7.77. The van der Waals surface area contributed by atoms with Crippen molar-refractivity contribution in [2.75, 3.05) is 28.6 Å². The van der Waals surface area contributed by atoms with E-state index in [1.807, 2.05) is 16.7 Å². The maximum Gasteiger partial charge on any atom is 0.229 e. The van der Waals surface area contributed by atoms with Crippen molar-refractivity contribution < 1.29 is 5.11 Å². The smallest absolute Gasteiger partial charge is 0.229 e. The van der Waals surface area contributed by atoms with Crippen LogP contribution in [0.25, 0.3) is 11.2 Å². The van der Waals surface area contributed by atoms with Gasteiger partial charge >= 0.3 is 0 Å². The summed E-state index contributed by atoms with van der Waals surface area (Å²) in [7, 11) is 0. The monoisotopic (exact) mass is 504 g/mol. The number of fused-ring (bicyclic) bond motifs is 1. The fraction of sp³-hybridized carbons (Fsp3) is 0.333. The van der Waals surface area contributed by atoms with Gasteiger partial charge in [0.05, 0.1) is 41.6 Å². The Bertz CT molecular complexity index is 1390. The average molecular weight is 505 g/mol. The van der Waals surface area contributed by atoms with Crippen LogP contribution in [0.5, 0.6) is 0 Å². The van der Waals surface area contributed by atoms with Gasteiger partial charge in [-0.05, 0) is 38.0 Å². The highest BCUT2D eigenvalue weighted by Crippen LogP contribution is 2.26. The normalized spacial score (nSPS) is 15.0. The van der Waals surface area contributed by atoms with E-state index in [-0.39, 0.29) is 6.04 Å². The standard InChI is InChI=1S/C24H25ClN10O/c1-15(36)13-35-14-30-23-20(35)8-18(11-28-23)32-24-29-12-19(25)22(33-24)31-17-4-6-34(7-5-17)21-3-2-16(9-26)10-27-21/h2-3,8,10-12,14-15,17,36H,4-7,13H2,1H3,(H2,29,31,32,33). The first-order chi connectivity index (χ1) is 17.5. The number of nitrogens with zero attached hydrogens (tertiary/aromatic N) is 8. The first kappa shape index (κ1) is 23.7. The van der Waals surface area contributed by atoms with Crippen molar-refractivity contribution in [2.45, 2.75) is 38.5 Å². The number of halogens is 1. The summed E-state index contributed by atoms with van der Waals surface area (Å²) in [5.41, 5.74) is 2.66. The molecule has 0 saturated carbocycles. The molecule has 5 rings (SSSR count). The topological polar surface area (TPSA) is 141 Å². The van der Waals surface area contributed by atoms with Gasteiger partial charge in [0.2, 0.25) is 5.95 Å². The van der Waals surface area contributed by atoms with Crippen molar-refractivity contribution in [3.05, 3.63) is 53.7 Å². The van der Waals surface area contributed by atoms with E-state index in [0.29, 0.717) is 40.2 Å². The third-order valence-electron chi connectivity index (χ3n) is 5.97. The Morgan fingerprint density at radius 1 is 1.17 bits per heavy atom. The van der Waals surface area contributed by atoms with Crippen LogP contribution in [0.4, 0.5) is 23.3 Å².